The highest BCUT2D eigenvalue weighted by atomic mass is 32.1. The van der Waals surface area contributed by atoms with Crippen molar-refractivity contribution in [3.05, 3.63) is 46.1 Å². The molecule has 3 aromatic heterocycles. The molecule has 3 aromatic rings. The molecular weight excluding hydrogens is 458 g/mol. The Morgan fingerprint density at radius 1 is 1.24 bits per heavy atom. The van der Waals surface area contributed by atoms with Crippen molar-refractivity contribution in [1.82, 2.24) is 20.6 Å². The zero-order valence-corrected chi connectivity index (χ0v) is 19.6. The van der Waals surface area contributed by atoms with Crippen molar-refractivity contribution in [1.29, 1.82) is 0 Å². The summed E-state index contributed by atoms with van der Waals surface area (Å²) in [5.74, 6) is -2.45. The van der Waals surface area contributed by atoms with Crippen molar-refractivity contribution in [2.75, 3.05) is 30.3 Å². The summed E-state index contributed by atoms with van der Waals surface area (Å²) in [5.41, 5.74) is 7.55. The number of hydrogen-bond donors (Lipinski definition) is 3. The summed E-state index contributed by atoms with van der Waals surface area (Å²) >= 11 is 1.13. The number of nitrogens with zero attached hydrogens (tertiary/aromatic N) is 3. The van der Waals surface area contributed by atoms with Crippen LogP contribution in [0, 0.1) is 12.8 Å². The molecule has 0 aromatic carbocycles. The van der Waals surface area contributed by atoms with Crippen molar-refractivity contribution in [2.24, 2.45) is 5.92 Å². The lowest BCUT2D eigenvalue weighted by atomic mass is 9.88. The number of aryl methyl sites for hydroxylation is 2. The van der Waals surface area contributed by atoms with Crippen LogP contribution < -0.4 is 21.3 Å². The Morgan fingerprint density at radius 2 is 2.09 bits per heavy atom. The van der Waals surface area contributed by atoms with Crippen LogP contribution >= 0.6 is 11.3 Å². The molecule has 3 unspecified atom stereocenters. The van der Waals surface area contributed by atoms with Crippen molar-refractivity contribution in [3.8, 4) is 0 Å². The average molecular weight is 485 g/mol. The topological polar surface area (TPSA) is 96.2 Å². The lowest BCUT2D eigenvalue weighted by Crippen LogP contribution is -2.49. The number of fused-ring (bicyclic) bond motifs is 3. The van der Waals surface area contributed by atoms with Gasteiger partial charge < -0.3 is 21.3 Å². The first kappa shape index (κ1) is 21.7. The third-order valence-corrected chi connectivity index (χ3v) is 8.52. The molecule has 2 fully saturated rings. The third-order valence-electron chi connectivity index (χ3n) is 7.41. The molecule has 1 amide bonds. The molecule has 6 rings (SSSR count). The van der Waals surface area contributed by atoms with Gasteiger partial charge in [-0.3, -0.25) is 4.79 Å². The molecule has 178 valence electrons. The zero-order chi connectivity index (χ0) is 23.6. The van der Waals surface area contributed by atoms with Gasteiger partial charge in [-0.25, -0.2) is 9.97 Å². The Hall–Kier alpha value is -2.85. The van der Waals surface area contributed by atoms with Gasteiger partial charge in [0, 0.05) is 42.3 Å². The number of rotatable bonds is 3. The summed E-state index contributed by atoms with van der Waals surface area (Å²) in [5, 5.41) is 6.63. The number of carbonyl (C=O) groups excluding carboxylic acids is 1. The van der Waals surface area contributed by atoms with Gasteiger partial charge in [-0.15, -0.1) is 11.3 Å². The third kappa shape index (κ3) is 3.34. The van der Waals surface area contributed by atoms with E-state index in [2.05, 4.69) is 25.5 Å². The van der Waals surface area contributed by atoms with Crippen LogP contribution in [-0.2, 0) is 12.3 Å². The SMILES string of the molecule is Cc1ccc2c(N)c(C(=O)NC3CCc4nc(N5CCC6CNCC65)ccc4C3(F)F)sc2n1. The fraction of sp³-hybridized carbons (Fsp3) is 0.458. The fourth-order valence-corrected chi connectivity index (χ4v) is 6.61. The van der Waals surface area contributed by atoms with Gasteiger partial charge in [0.2, 0.25) is 0 Å². The van der Waals surface area contributed by atoms with E-state index in [0.717, 1.165) is 48.9 Å². The maximum atomic E-state index is 15.5. The average Bonchev–Trinajstić information content (AvgIpc) is 3.50. The first-order valence-corrected chi connectivity index (χ1v) is 12.5. The Balaban J connectivity index is 1.24. The van der Waals surface area contributed by atoms with Gasteiger partial charge >= 0.3 is 0 Å². The van der Waals surface area contributed by atoms with Crippen LogP contribution in [0.25, 0.3) is 10.2 Å². The number of nitrogens with two attached hydrogens (primary N) is 1. The molecule has 7 nitrogen and oxygen atoms in total. The number of hydrogen-bond acceptors (Lipinski definition) is 7. The van der Waals surface area contributed by atoms with Crippen LogP contribution in [0.15, 0.2) is 24.3 Å². The van der Waals surface area contributed by atoms with E-state index in [1.165, 1.54) is 6.07 Å². The van der Waals surface area contributed by atoms with Crippen molar-refractivity contribution in [2.45, 2.75) is 44.2 Å². The van der Waals surface area contributed by atoms with Crippen LogP contribution in [0.3, 0.4) is 0 Å². The van der Waals surface area contributed by atoms with Gasteiger partial charge in [0.25, 0.3) is 11.8 Å². The number of carbonyl (C=O) groups is 1. The lowest BCUT2D eigenvalue weighted by Gasteiger charge is -2.34. The molecule has 0 radical (unpaired) electrons. The number of amides is 1. The Bertz CT molecular complexity index is 1290. The van der Waals surface area contributed by atoms with E-state index in [0.29, 0.717) is 34.3 Å². The van der Waals surface area contributed by atoms with Gasteiger partial charge in [-0.2, -0.15) is 8.78 Å². The predicted octanol–water partition coefficient (Wildman–Crippen LogP) is 3.22. The number of nitrogens with one attached hydrogen (secondary N) is 2. The highest BCUT2D eigenvalue weighted by molar-refractivity contribution is 7.21. The maximum absolute atomic E-state index is 15.5. The Morgan fingerprint density at radius 3 is 2.94 bits per heavy atom. The normalized spacial score (nSPS) is 25.4. The summed E-state index contributed by atoms with van der Waals surface area (Å²) in [4.78, 5) is 25.1. The quantitative estimate of drug-likeness (QED) is 0.528. The van der Waals surface area contributed by atoms with E-state index >= 15 is 8.78 Å². The van der Waals surface area contributed by atoms with E-state index in [1.54, 1.807) is 12.1 Å². The first-order valence-electron chi connectivity index (χ1n) is 11.6. The van der Waals surface area contributed by atoms with E-state index < -0.39 is 17.9 Å². The van der Waals surface area contributed by atoms with Crippen molar-refractivity contribution >= 4 is 39.0 Å². The second-order valence-corrected chi connectivity index (χ2v) is 10.5. The maximum Gasteiger partial charge on any atom is 0.294 e. The summed E-state index contributed by atoms with van der Waals surface area (Å²) in [6.07, 6.45) is 1.58. The van der Waals surface area contributed by atoms with Crippen LogP contribution in [0.5, 0.6) is 0 Å². The zero-order valence-electron chi connectivity index (χ0n) is 18.8. The second kappa shape index (κ2) is 7.84. The first-order chi connectivity index (χ1) is 16.3. The summed E-state index contributed by atoms with van der Waals surface area (Å²) in [6, 6.07) is 5.87. The molecule has 4 N–H and O–H groups in total. The van der Waals surface area contributed by atoms with Crippen LogP contribution in [0.4, 0.5) is 20.3 Å². The van der Waals surface area contributed by atoms with Crippen molar-refractivity contribution in [3.63, 3.8) is 0 Å². The number of halogens is 2. The number of aromatic nitrogens is 2. The second-order valence-electron chi connectivity index (χ2n) is 9.47. The van der Waals surface area contributed by atoms with Gasteiger partial charge in [0.1, 0.15) is 15.5 Å². The standard InChI is InChI=1S/C24H26F2N6OS/c1-12-2-3-14-20(27)21(34-23(14)29-12)22(33)31-18-6-5-16-15(24(18,25)26)4-7-19(30-16)32-9-8-13-10-28-11-17(13)32/h2-4,7,13,17-18,28H,5-6,8-11,27H2,1H3,(H,31,33). The number of thiophene rings is 1. The van der Waals surface area contributed by atoms with Gasteiger partial charge in [0.15, 0.2) is 0 Å². The molecule has 0 saturated carbocycles. The van der Waals surface area contributed by atoms with E-state index in [-0.39, 0.29) is 22.5 Å². The number of nitrogen functional groups attached to an aromatic ring is 1. The van der Waals surface area contributed by atoms with Crippen LogP contribution in [0.1, 0.15) is 39.5 Å². The molecule has 34 heavy (non-hydrogen) atoms. The highest BCUT2D eigenvalue weighted by Crippen LogP contribution is 2.42. The minimum absolute atomic E-state index is 0.102. The summed E-state index contributed by atoms with van der Waals surface area (Å²) < 4.78 is 31.0. The minimum atomic E-state index is -3.22. The minimum Gasteiger partial charge on any atom is -0.397 e. The number of anilines is 2. The van der Waals surface area contributed by atoms with E-state index in [9.17, 15) is 4.79 Å². The summed E-state index contributed by atoms with van der Waals surface area (Å²) in [6.45, 7) is 4.67. The highest BCUT2D eigenvalue weighted by Gasteiger charge is 2.48. The Labute approximate surface area is 199 Å². The van der Waals surface area contributed by atoms with E-state index in [4.69, 9.17) is 5.73 Å². The smallest absolute Gasteiger partial charge is 0.294 e. The van der Waals surface area contributed by atoms with E-state index in [1.807, 2.05) is 13.0 Å². The molecule has 0 spiro atoms. The molecule has 2 aliphatic heterocycles. The van der Waals surface area contributed by atoms with Gasteiger partial charge in [0.05, 0.1) is 17.4 Å². The monoisotopic (exact) mass is 484 g/mol. The molecule has 10 heteroatoms. The molecule has 2 saturated heterocycles. The molecule has 3 atom stereocenters. The lowest BCUT2D eigenvalue weighted by molar-refractivity contribution is -0.0509. The molecule has 0 bridgehead atoms. The molecule has 1 aliphatic carbocycles. The molecular formula is C24H26F2N6OS. The molecule has 5 heterocycles. The predicted molar refractivity (Wildman–Crippen MR) is 129 cm³/mol. The van der Waals surface area contributed by atoms with Gasteiger partial charge in [-0.05, 0) is 56.4 Å². The van der Waals surface area contributed by atoms with Crippen LogP contribution in [0.2, 0.25) is 0 Å². The fourth-order valence-electron chi connectivity index (χ4n) is 5.57. The Kier molecular flexibility index (Phi) is 5.00. The molecule has 3 aliphatic rings. The summed E-state index contributed by atoms with van der Waals surface area (Å²) in [7, 11) is 0. The largest absolute Gasteiger partial charge is 0.397 e. The van der Waals surface area contributed by atoms with Crippen molar-refractivity contribution < 1.29 is 13.6 Å². The number of pyridine rings is 2. The number of alkyl halides is 2. The van der Waals surface area contributed by atoms with Gasteiger partial charge in [-0.1, -0.05) is 0 Å². The van der Waals surface area contributed by atoms with Crippen LogP contribution in [-0.4, -0.2) is 47.6 Å².